The molecule has 0 aliphatic carbocycles. The van der Waals surface area contributed by atoms with Crippen molar-refractivity contribution in [3.8, 4) is 5.75 Å². The average molecular weight is 206 g/mol. The van der Waals surface area contributed by atoms with Crippen molar-refractivity contribution in [2.75, 3.05) is 14.2 Å². The summed E-state index contributed by atoms with van der Waals surface area (Å²) in [6.07, 6.45) is 0. The lowest BCUT2D eigenvalue weighted by atomic mass is 10.3. The molecule has 0 saturated heterocycles. The zero-order valence-corrected chi connectivity index (χ0v) is 9.15. The maximum atomic E-state index is 5.26. The molecule has 0 unspecified atom stereocenters. The second-order valence-electron chi connectivity index (χ2n) is 3.35. The Bertz CT molecular complexity index is 477. The molecule has 0 aliphatic heterocycles. The van der Waals surface area contributed by atoms with Gasteiger partial charge in [-0.3, -0.25) is 0 Å². The fourth-order valence-electron chi connectivity index (χ4n) is 1.66. The summed E-state index contributed by atoms with van der Waals surface area (Å²) in [5.74, 6) is 1.70. The zero-order valence-electron chi connectivity index (χ0n) is 9.15. The zero-order chi connectivity index (χ0) is 10.8. The molecule has 80 valence electrons. The number of para-hydroxylation sites is 1. The molecular formula is C11H14N2O2. The van der Waals surface area contributed by atoms with Crippen molar-refractivity contribution in [1.29, 1.82) is 0 Å². The summed E-state index contributed by atoms with van der Waals surface area (Å²) in [5, 5.41) is 0. The van der Waals surface area contributed by atoms with Crippen LogP contribution >= 0.6 is 0 Å². The molecule has 1 aromatic carbocycles. The molecule has 15 heavy (non-hydrogen) atoms. The Labute approximate surface area is 88.4 Å². The number of hydrogen-bond acceptors (Lipinski definition) is 3. The molecule has 4 nitrogen and oxygen atoms in total. The van der Waals surface area contributed by atoms with Crippen molar-refractivity contribution in [1.82, 2.24) is 9.55 Å². The van der Waals surface area contributed by atoms with Gasteiger partial charge in [-0.2, -0.15) is 0 Å². The highest BCUT2D eigenvalue weighted by molar-refractivity contribution is 5.82. The van der Waals surface area contributed by atoms with E-state index in [-0.39, 0.29) is 0 Å². The van der Waals surface area contributed by atoms with E-state index in [0.29, 0.717) is 6.61 Å². The van der Waals surface area contributed by atoms with Crippen LogP contribution in [0.1, 0.15) is 5.82 Å². The number of hydrogen-bond donors (Lipinski definition) is 0. The van der Waals surface area contributed by atoms with Crippen molar-refractivity contribution in [2.24, 2.45) is 7.05 Å². The van der Waals surface area contributed by atoms with Gasteiger partial charge in [0.1, 0.15) is 23.7 Å². The van der Waals surface area contributed by atoms with Crippen LogP contribution in [-0.2, 0) is 18.4 Å². The van der Waals surface area contributed by atoms with Crippen LogP contribution in [0.5, 0.6) is 5.75 Å². The van der Waals surface area contributed by atoms with Crippen LogP contribution in [0.2, 0.25) is 0 Å². The van der Waals surface area contributed by atoms with E-state index < -0.39 is 0 Å². The highest BCUT2D eigenvalue weighted by Gasteiger charge is 2.10. The molecule has 1 heterocycles. The van der Waals surface area contributed by atoms with Gasteiger partial charge >= 0.3 is 0 Å². The topological polar surface area (TPSA) is 36.3 Å². The summed E-state index contributed by atoms with van der Waals surface area (Å²) in [6.45, 7) is 0.508. The molecule has 2 rings (SSSR count). The SMILES string of the molecule is COCc1nc2c(OC)cccc2n1C. The Balaban J connectivity index is 2.64. The van der Waals surface area contributed by atoms with Crippen molar-refractivity contribution in [2.45, 2.75) is 6.61 Å². The minimum absolute atomic E-state index is 0.508. The molecule has 0 N–H and O–H groups in total. The Morgan fingerprint density at radius 1 is 1.33 bits per heavy atom. The Morgan fingerprint density at radius 2 is 2.13 bits per heavy atom. The summed E-state index contributed by atoms with van der Waals surface area (Å²) >= 11 is 0. The third kappa shape index (κ3) is 1.57. The first-order valence-electron chi connectivity index (χ1n) is 4.75. The number of aryl methyl sites for hydroxylation is 1. The van der Waals surface area contributed by atoms with Crippen LogP contribution in [0.15, 0.2) is 18.2 Å². The second kappa shape index (κ2) is 3.90. The van der Waals surface area contributed by atoms with E-state index in [2.05, 4.69) is 4.98 Å². The predicted octanol–water partition coefficient (Wildman–Crippen LogP) is 1.73. The quantitative estimate of drug-likeness (QED) is 0.767. The predicted molar refractivity (Wildman–Crippen MR) is 58.0 cm³/mol. The van der Waals surface area contributed by atoms with E-state index in [1.54, 1.807) is 14.2 Å². The number of rotatable bonds is 3. The largest absolute Gasteiger partial charge is 0.494 e. The highest BCUT2D eigenvalue weighted by atomic mass is 16.5. The average Bonchev–Trinajstić information content (AvgIpc) is 2.57. The minimum Gasteiger partial charge on any atom is -0.494 e. The molecule has 0 bridgehead atoms. The first-order chi connectivity index (χ1) is 7.27. The molecule has 0 fully saturated rings. The van der Waals surface area contributed by atoms with E-state index >= 15 is 0 Å². The number of methoxy groups -OCH3 is 2. The van der Waals surface area contributed by atoms with Crippen LogP contribution in [0, 0.1) is 0 Å². The molecule has 1 aromatic heterocycles. The van der Waals surface area contributed by atoms with Gasteiger partial charge in [0.25, 0.3) is 0 Å². The van der Waals surface area contributed by atoms with Crippen molar-refractivity contribution < 1.29 is 9.47 Å². The van der Waals surface area contributed by atoms with E-state index in [9.17, 15) is 0 Å². The number of aromatic nitrogens is 2. The standard InChI is InChI=1S/C11H14N2O2/c1-13-8-5-4-6-9(15-3)11(8)12-10(13)7-14-2/h4-6H,7H2,1-3H3. The van der Waals surface area contributed by atoms with Crippen LogP contribution in [0.3, 0.4) is 0 Å². The molecule has 0 saturated carbocycles. The number of imidazole rings is 1. The maximum absolute atomic E-state index is 5.26. The maximum Gasteiger partial charge on any atom is 0.146 e. The van der Waals surface area contributed by atoms with Crippen LogP contribution in [-0.4, -0.2) is 23.8 Å². The van der Waals surface area contributed by atoms with Gasteiger partial charge in [-0.05, 0) is 12.1 Å². The van der Waals surface area contributed by atoms with Crippen molar-refractivity contribution in [3.05, 3.63) is 24.0 Å². The number of benzene rings is 1. The molecule has 0 aliphatic rings. The van der Waals surface area contributed by atoms with Gasteiger partial charge < -0.3 is 14.0 Å². The van der Waals surface area contributed by atoms with Gasteiger partial charge in [0.05, 0.1) is 12.6 Å². The fourth-order valence-corrected chi connectivity index (χ4v) is 1.66. The lowest BCUT2D eigenvalue weighted by molar-refractivity contribution is 0.176. The Morgan fingerprint density at radius 3 is 2.80 bits per heavy atom. The third-order valence-corrected chi connectivity index (χ3v) is 2.46. The Kier molecular flexibility index (Phi) is 2.60. The molecule has 0 radical (unpaired) electrons. The van der Waals surface area contributed by atoms with Crippen molar-refractivity contribution in [3.63, 3.8) is 0 Å². The summed E-state index contributed by atoms with van der Waals surface area (Å²) in [5.41, 5.74) is 1.94. The van der Waals surface area contributed by atoms with Gasteiger partial charge in [-0.15, -0.1) is 0 Å². The molecule has 0 atom stereocenters. The number of fused-ring (bicyclic) bond motifs is 1. The van der Waals surface area contributed by atoms with E-state index in [1.165, 1.54) is 0 Å². The van der Waals surface area contributed by atoms with Gasteiger partial charge in [0, 0.05) is 14.2 Å². The Hall–Kier alpha value is -1.55. The molecule has 4 heteroatoms. The minimum atomic E-state index is 0.508. The van der Waals surface area contributed by atoms with Gasteiger partial charge in [-0.1, -0.05) is 6.07 Å². The normalized spacial score (nSPS) is 10.9. The molecule has 0 spiro atoms. The summed E-state index contributed by atoms with van der Waals surface area (Å²) in [6, 6.07) is 5.88. The van der Waals surface area contributed by atoms with Crippen LogP contribution in [0.4, 0.5) is 0 Å². The highest BCUT2D eigenvalue weighted by Crippen LogP contribution is 2.24. The second-order valence-corrected chi connectivity index (χ2v) is 3.35. The summed E-state index contributed by atoms with van der Waals surface area (Å²) in [7, 11) is 5.29. The number of nitrogens with zero attached hydrogens (tertiary/aromatic N) is 2. The summed E-state index contributed by atoms with van der Waals surface area (Å²) < 4.78 is 12.4. The van der Waals surface area contributed by atoms with E-state index in [4.69, 9.17) is 9.47 Å². The van der Waals surface area contributed by atoms with E-state index in [1.807, 2.05) is 29.8 Å². The monoisotopic (exact) mass is 206 g/mol. The van der Waals surface area contributed by atoms with E-state index in [0.717, 1.165) is 22.6 Å². The molecular weight excluding hydrogens is 192 g/mol. The fraction of sp³-hybridized carbons (Fsp3) is 0.364. The first kappa shape index (κ1) is 9.98. The first-order valence-corrected chi connectivity index (χ1v) is 4.75. The third-order valence-electron chi connectivity index (χ3n) is 2.46. The molecule has 2 aromatic rings. The van der Waals surface area contributed by atoms with Gasteiger partial charge in [-0.25, -0.2) is 4.98 Å². The number of ether oxygens (including phenoxy) is 2. The van der Waals surface area contributed by atoms with Crippen LogP contribution in [0.25, 0.3) is 11.0 Å². The lowest BCUT2D eigenvalue weighted by Gasteiger charge is -2.01. The molecule has 0 amide bonds. The van der Waals surface area contributed by atoms with Gasteiger partial charge in [0.15, 0.2) is 0 Å². The smallest absolute Gasteiger partial charge is 0.146 e. The van der Waals surface area contributed by atoms with Gasteiger partial charge in [0.2, 0.25) is 0 Å². The van der Waals surface area contributed by atoms with Crippen LogP contribution < -0.4 is 4.74 Å². The van der Waals surface area contributed by atoms with Crippen molar-refractivity contribution >= 4 is 11.0 Å². The summed E-state index contributed by atoms with van der Waals surface area (Å²) in [4.78, 5) is 4.49. The lowest BCUT2D eigenvalue weighted by Crippen LogP contribution is -1.98.